The number of aliphatic carboxylic acids is 1. The number of aryl methyl sites for hydroxylation is 1. The van der Waals surface area contributed by atoms with E-state index in [2.05, 4.69) is 29.7 Å². The van der Waals surface area contributed by atoms with Crippen LogP contribution in [0.25, 0.3) is 0 Å². The minimum Gasteiger partial charge on any atom is -0.481 e. The monoisotopic (exact) mass is 278 g/mol. The highest BCUT2D eigenvalue weighted by molar-refractivity contribution is 5.74. The molecule has 1 unspecified atom stereocenters. The first-order chi connectivity index (χ1) is 9.52. The third-order valence-corrected chi connectivity index (χ3v) is 3.09. The van der Waals surface area contributed by atoms with E-state index in [-0.39, 0.29) is 18.5 Å². The molecular weight excluding hydrogens is 256 g/mol. The zero-order valence-electron chi connectivity index (χ0n) is 12.0. The summed E-state index contributed by atoms with van der Waals surface area (Å²) in [4.78, 5) is 22.0. The van der Waals surface area contributed by atoms with Gasteiger partial charge in [-0.25, -0.2) is 4.79 Å². The SMILES string of the molecule is CCc1ccc(C(C)NC(=O)NCCCC(=O)O)cc1. The number of carboxylic acid groups (broad SMARTS) is 1. The van der Waals surface area contributed by atoms with E-state index >= 15 is 0 Å². The van der Waals surface area contributed by atoms with Crippen molar-refractivity contribution in [3.63, 3.8) is 0 Å². The number of carboxylic acids is 1. The lowest BCUT2D eigenvalue weighted by Gasteiger charge is -2.15. The van der Waals surface area contributed by atoms with Gasteiger partial charge in [0.15, 0.2) is 0 Å². The van der Waals surface area contributed by atoms with E-state index in [1.54, 1.807) is 0 Å². The van der Waals surface area contributed by atoms with Crippen LogP contribution in [0.3, 0.4) is 0 Å². The van der Waals surface area contributed by atoms with E-state index in [1.165, 1.54) is 5.56 Å². The largest absolute Gasteiger partial charge is 0.481 e. The predicted molar refractivity (Wildman–Crippen MR) is 77.6 cm³/mol. The molecule has 0 fully saturated rings. The zero-order valence-corrected chi connectivity index (χ0v) is 12.0. The Balaban J connectivity index is 2.34. The van der Waals surface area contributed by atoms with Crippen LogP contribution in [-0.2, 0) is 11.2 Å². The Bertz CT molecular complexity index is 443. The van der Waals surface area contributed by atoms with Gasteiger partial charge in [0.05, 0.1) is 6.04 Å². The third-order valence-electron chi connectivity index (χ3n) is 3.09. The summed E-state index contributed by atoms with van der Waals surface area (Å²) in [7, 11) is 0. The zero-order chi connectivity index (χ0) is 15.0. The van der Waals surface area contributed by atoms with Gasteiger partial charge in [-0.15, -0.1) is 0 Å². The number of rotatable bonds is 7. The minimum absolute atomic E-state index is 0.0638. The van der Waals surface area contributed by atoms with Crippen molar-refractivity contribution in [3.05, 3.63) is 35.4 Å². The number of nitrogens with one attached hydrogen (secondary N) is 2. The van der Waals surface area contributed by atoms with Gasteiger partial charge in [0.1, 0.15) is 0 Å². The molecule has 2 amide bonds. The molecule has 110 valence electrons. The Hall–Kier alpha value is -2.04. The Labute approximate surface area is 119 Å². The molecule has 0 aromatic heterocycles. The van der Waals surface area contributed by atoms with Gasteiger partial charge < -0.3 is 15.7 Å². The fourth-order valence-corrected chi connectivity index (χ4v) is 1.81. The summed E-state index contributed by atoms with van der Waals surface area (Å²) < 4.78 is 0. The summed E-state index contributed by atoms with van der Waals surface area (Å²) in [6, 6.07) is 7.77. The maximum absolute atomic E-state index is 11.6. The van der Waals surface area contributed by atoms with Crippen LogP contribution in [0.2, 0.25) is 0 Å². The van der Waals surface area contributed by atoms with Gasteiger partial charge in [-0.2, -0.15) is 0 Å². The average Bonchev–Trinajstić information content (AvgIpc) is 2.43. The molecule has 0 aliphatic heterocycles. The highest BCUT2D eigenvalue weighted by Crippen LogP contribution is 2.13. The second kappa shape index (κ2) is 8.19. The van der Waals surface area contributed by atoms with Crippen LogP contribution in [0.4, 0.5) is 4.79 Å². The molecule has 0 spiro atoms. The number of carbonyl (C=O) groups is 2. The summed E-state index contributed by atoms with van der Waals surface area (Å²) in [5, 5.41) is 14.0. The molecule has 0 aliphatic carbocycles. The van der Waals surface area contributed by atoms with E-state index in [0.29, 0.717) is 13.0 Å². The number of urea groups is 1. The predicted octanol–water partition coefficient (Wildman–Crippen LogP) is 2.47. The number of hydrogen-bond donors (Lipinski definition) is 3. The fourth-order valence-electron chi connectivity index (χ4n) is 1.81. The molecular formula is C15H22N2O3. The maximum Gasteiger partial charge on any atom is 0.315 e. The Morgan fingerprint density at radius 3 is 2.45 bits per heavy atom. The van der Waals surface area contributed by atoms with Crippen LogP contribution in [0.1, 0.15) is 43.9 Å². The first kappa shape index (κ1) is 16.0. The molecule has 5 nitrogen and oxygen atoms in total. The molecule has 1 rings (SSSR count). The number of carbonyl (C=O) groups excluding carboxylic acids is 1. The Kier molecular flexibility index (Phi) is 6.56. The van der Waals surface area contributed by atoms with Gasteiger partial charge >= 0.3 is 12.0 Å². The molecule has 0 radical (unpaired) electrons. The summed E-state index contributed by atoms with van der Waals surface area (Å²) in [5.41, 5.74) is 2.31. The van der Waals surface area contributed by atoms with Crippen LogP contribution in [-0.4, -0.2) is 23.7 Å². The Morgan fingerprint density at radius 2 is 1.90 bits per heavy atom. The standard InChI is InChI=1S/C15H22N2O3/c1-3-12-6-8-13(9-7-12)11(2)17-15(20)16-10-4-5-14(18)19/h6-9,11H,3-5,10H2,1-2H3,(H,18,19)(H2,16,17,20). The van der Waals surface area contributed by atoms with Crippen LogP contribution in [0.5, 0.6) is 0 Å². The molecule has 0 saturated carbocycles. The summed E-state index contributed by atoms with van der Waals surface area (Å²) in [5.74, 6) is -0.850. The highest BCUT2D eigenvalue weighted by Gasteiger charge is 2.08. The first-order valence-corrected chi connectivity index (χ1v) is 6.88. The van der Waals surface area contributed by atoms with Gasteiger partial charge in [0.25, 0.3) is 0 Å². The van der Waals surface area contributed by atoms with Crippen molar-refractivity contribution in [2.45, 2.75) is 39.2 Å². The average molecular weight is 278 g/mol. The Morgan fingerprint density at radius 1 is 1.25 bits per heavy atom. The van der Waals surface area contributed by atoms with E-state index in [0.717, 1.165) is 12.0 Å². The van der Waals surface area contributed by atoms with Crippen molar-refractivity contribution in [1.29, 1.82) is 0 Å². The van der Waals surface area contributed by atoms with E-state index < -0.39 is 5.97 Å². The lowest BCUT2D eigenvalue weighted by molar-refractivity contribution is -0.137. The minimum atomic E-state index is -0.850. The van der Waals surface area contributed by atoms with E-state index in [4.69, 9.17) is 5.11 Å². The van der Waals surface area contributed by atoms with Gasteiger partial charge in [-0.3, -0.25) is 4.79 Å². The molecule has 3 N–H and O–H groups in total. The quantitative estimate of drug-likeness (QED) is 0.670. The van der Waals surface area contributed by atoms with E-state index in [9.17, 15) is 9.59 Å². The van der Waals surface area contributed by atoms with Gasteiger partial charge in [-0.05, 0) is 30.9 Å². The van der Waals surface area contributed by atoms with Gasteiger partial charge in [-0.1, -0.05) is 31.2 Å². The molecule has 1 aromatic rings. The molecule has 0 heterocycles. The summed E-state index contributed by atoms with van der Waals surface area (Å²) in [6.07, 6.45) is 1.49. The first-order valence-electron chi connectivity index (χ1n) is 6.88. The van der Waals surface area contributed by atoms with Crippen molar-refractivity contribution in [2.75, 3.05) is 6.54 Å². The van der Waals surface area contributed by atoms with Gasteiger partial charge in [0, 0.05) is 13.0 Å². The molecule has 0 aliphatic rings. The van der Waals surface area contributed by atoms with Crippen LogP contribution < -0.4 is 10.6 Å². The van der Waals surface area contributed by atoms with Crippen molar-refractivity contribution in [3.8, 4) is 0 Å². The van der Waals surface area contributed by atoms with Crippen molar-refractivity contribution < 1.29 is 14.7 Å². The third kappa shape index (κ3) is 5.73. The molecule has 20 heavy (non-hydrogen) atoms. The fraction of sp³-hybridized carbons (Fsp3) is 0.467. The van der Waals surface area contributed by atoms with Crippen LogP contribution in [0.15, 0.2) is 24.3 Å². The van der Waals surface area contributed by atoms with Crippen LogP contribution >= 0.6 is 0 Å². The second-order valence-electron chi connectivity index (χ2n) is 4.71. The van der Waals surface area contributed by atoms with E-state index in [1.807, 2.05) is 19.1 Å². The topological polar surface area (TPSA) is 78.4 Å². The van der Waals surface area contributed by atoms with Crippen molar-refractivity contribution >= 4 is 12.0 Å². The van der Waals surface area contributed by atoms with Crippen molar-refractivity contribution in [1.82, 2.24) is 10.6 Å². The van der Waals surface area contributed by atoms with Crippen molar-refractivity contribution in [2.24, 2.45) is 0 Å². The molecule has 0 bridgehead atoms. The number of benzene rings is 1. The smallest absolute Gasteiger partial charge is 0.315 e. The molecule has 0 saturated heterocycles. The highest BCUT2D eigenvalue weighted by atomic mass is 16.4. The maximum atomic E-state index is 11.6. The summed E-state index contributed by atoms with van der Waals surface area (Å²) >= 11 is 0. The second-order valence-corrected chi connectivity index (χ2v) is 4.71. The van der Waals surface area contributed by atoms with Crippen LogP contribution in [0, 0.1) is 0 Å². The lowest BCUT2D eigenvalue weighted by Crippen LogP contribution is -2.37. The molecule has 5 heteroatoms. The molecule has 1 aromatic carbocycles. The number of amides is 2. The normalized spacial score (nSPS) is 11.7. The summed E-state index contributed by atoms with van der Waals surface area (Å²) in [6.45, 7) is 4.37. The lowest BCUT2D eigenvalue weighted by atomic mass is 10.1. The molecule has 1 atom stereocenters. The number of hydrogen-bond acceptors (Lipinski definition) is 2. The van der Waals surface area contributed by atoms with Gasteiger partial charge in [0.2, 0.25) is 0 Å².